The molecule has 0 saturated carbocycles. The molecule has 44 nitrogen and oxygen atoms in total. The van der Waals surface area contributed by atoms with Gasteiger partial charge in [0.2, 0.25) is 106 Å². The molecule has 1 aromatic rings. The van der Waals surface area contributed by atoms with Gasteiger partial charge in [-0.2, -0.15) is 11.8 Å². The molecule has 1 saturated heterocycles. The summed E-state index contributed by atoms with van der Waals surface area (Å²) in [6.45, 7) is 10.4. The molecule has 0 aromatic heterocycles. The van der Waals surface area contributed by atoms with Gasteiger partial charge in [-0.25, -0.2) is 4.79 Å². The van der Waals surface area contributed by atoms with Crippen molar-refractivity contribution in [1.29, 1.82) is 0 Å². The number of thioether (sulfide) groups is 1. The number of nitrogens with one attached hydrogen (secondary N) is 13. The lowest BCUT2D eigenvalue weighted by Gasteiger charge is -2.31. The number of unbranched alkanes of at least 4 members (excludes halogenated alkanes) is 1. The average molecular weight is 1650 g/mol. The van der Waals surface area contributed by atoms with Crippen molar-refractivity contribution in [3.05, 3.63) is 35.9 Å². The molecular formula is C70H112N20O24S. The fraction of sp³-hybridized carbons (Fsp3) is 0.629. The summed E-state index contributed by atoms with van der Waals surface area (Å²) in [6.07, 6.45) is -6.09. The van der Waals surface area contributed by atoms with Crippen molar-refractivity contribution in [1.82, 2.24) is 74.0 Å². The van der Waals surface area contributed by atoms with E-state index in [9.17, 15) is 116 Å². The molecule has 642 valence electrons. The molecule has 1 fully saturated rings. The highest BCUT2D eigenvalue weighted by molar-refractivity contribution is 7.98. The number of carboxylic acid groups (broad SMARTS) is 2. The molecule has 0 bridgehead atoms. The highest BCUT2D eigenvalue weighted by atomic mass is 32.2. The van der Waals surface area contributed by atoms with Crippen LogP contribution in [0.3, 0.4) is 0 Å². The van der Waals surface area contributed by atoms with Crippen LogP contribution in [-0.4, -0.2) is 272 Å². The smallest absolute Gasteiger partial charge is 0.326 e. The van der Waals surface area contributed by atoms with Gasteiger partial charge in [0.05, 0.1) is 43.9 Å². The molecule has 0 unspecified atom stereocenters. The normalized spacial score (nSPS) is 16.7. The predicted molar refractivity (Wildman–Crippen MR) is 408 cm³/mol. The zero-order valence-electron chi connectivity index (χ0n) is 65.4. The number of aliphatic carboxylic acids is 2. The van der Waals surface area contributed by atoms with E-state index >= 15 is 0 Å². The van der Waals surface area contributed by atoms with Gasteiger partial charge in [0.25, 0.3) is 0 Å². The van der Waals surface area contributed by atoms with Crippen LogP contribution in [0.15, 0.2) is 30.3 Å². The van der Waals surface area contributed by atoms with Gasteiger partial charge in [-0.05, 0) is 109 Å². The number of nitrogens with zero attached hydrogens (tertiary/aromatic N) is 1. The molecule has 0 radical (unpaired) electrons. The summed E-state index contributed by atoms with van der Waals surface area (Å²) < 4.78 is 0. The number of nitrogens with two attached hydrogens (primary N) is 6. The van der Waals surface area contributed by atoms with Crippen LogP contribution >= 0.6 is 11.8 Å². The van der Waals surface area contributed by atoms with Crippen molar-refractivity contribution in [2.75, 3.05) is 25.1 Å². The van der Waals surface area contributed by atoms with E-state index in [1.165, 1.54) is 53.3 Å². The zero-order chi connectivity index (χ0) is 87.4. The lowest BCUT2D eigenvalue weighted by molar-refractivity contribution is -0.144. The lowest BCUT2D eigenvalue weighted by Crippen LogP contribution is -2.63. The Bertz CT molecular complexity index is 3630. The number of aliphatic hydroxyl groups excluding tert-OH is 2. The SMILES string of the molecule is CSCC[C@H](NC(=O)[C@H](C)NC(=O)[C@@H](NC(=O)[C@H](CCC(N)=O)NC(=O)[C@@H](N)CC(N)=O)C(C)C)C(=O)N[C@@H](CC(N)=O)C(=O)N1CCC[C@H]1C(=O)N[C@H](C(=O)N[C@@H](CC(N)=O)C(=O)N[C@H](C(=O)N[C@H](C(=O)N[C@@H](Cc1ccccc1)C(=O)N[C@@H](CC(=O)O)C(=O)N[C@@H](C)C(=O)N[C@@H](CCCCN)C(=O)O)C(C)C)[C@@H](C)O)[C@@H](C)O. The lowest BCUT2D eigenvalue weighted by atomic mass is 9.99. The van der Waals surface area contributed by atoms with Gasteiger partial charge in [0, 0.05) is 19.4 Å². The highest BCUT2D eigenvalue weighted by Crippen LogP contribution is 2.21. The first-order chi connectivity index (χ1) is 53.7. The molecule has 29 N–H and O–H groups in total. The van der Waals surface area contributed by atoms with Gasteiger partial charge in [0.15, 0.2) is 0 Å². The van der Waals surface area contributed by atoms with Crippen LogP contribution < -0.4 is 104 Å². The van der Waals surface area contributed by atoms with Crippen LogP contribution in [0.1, 0.15) is 138 Å². The molecule has 0 spiro atoms. The predicted octanol–water partition coefficient (Wildman–Crippen LogP) is -9.70. The van der Waals surface area contributed by atoms with E-state index < -0.39 is 265 Å². The second kappa shape index (κ2) is 49.4. The molecule has 115 heavy (non-hydrogen) atoms. The first kappa shape index (κ1) is 99.9. The van der Waals surface area contributed by atoms with Crippen LogP contribution in [0.5, 0.6) is 0 Å². The van der Waals surface area contributed by atoms with Crippen LogP contribution in [0.4, 0.5) is 0 Å². The number of aliphatic hydroxyl groups is 2. The number of rotatable bonds is 52. The Hall–Kier alpha value is -11.2. The second-order valence-corrected chi connectivity index (χ2v) is 29.3. The summed E-state index contributed by atoms with van der Waals surface area (Å²) in [5.41, 5.74) is 33.1. The van der Waals surface area contributed by atoms with Crippen LogP contribution in [0.2, 0.25) is 0 Å². The summed E-state index contributed by atoms with van der Waals surface area (Å²) in [5.74, 6) is -24.1. The molecule has 1 aliphatic rings. The van der Waals surface area contributed by atoms with Crippen LogP contribution in [0, 0.1) is 11.8 Å². The fourth-order valence-corrected chi connectivity index (χ4v) is 11.9. The van der Waals surface area contributed by atoms with E-state index in [4.69, 9.17) is 34.4 Å². The molecule has 1 aliphatic heterocycles. The largest absolute Gasteiger partial charge is 0.481 e. The highest BCUT2D eigenvalue weighted by Gasteiger charge is 2.43. The van der Waals surface area contributed by atoms with Crippen molar-refractivity contribution in [2.24, 2.45) is 46.2 Å². The van der Waals surface area contributed by atoms with Crippen molar-refractivity contribution < 1.29 is 116 Å². The fourth-order valence-electron chi connectivity index (χ4n) is 11.4. The first-order valence-corrected chi connectivity index (χ1v) is 38.3. The Morgan fingerprint density at radius 1 is 0.443 bits per heavy atom. The first-order valence-electron chi connectivity index (χ1n) is 36.9. The Labute approximate surface area is 666 Å². The topological polar surface area (TPSA) is 738 Å². The standard InChI is InChI=1S/C70H112N20O24S/c1-31(2)52(86-60(103)39(20-21-47(73)93)80-58(101)38(72)27-48(74)94)65(108)78-34(6)56(99)79-40(22-25-115-9)59(102)85-45(29-50(76)96)69(112)90-24-15-19-46(90)64(107)89-54(35(7)91)67(110)84-43(28-49(75)95)63(106)88-55(36(8)92)68(111)87-53(32(3)4)66(109)83-42(26-37-16-11-10-12-17-37)62(105)82-44(30-51(97)98)61(104)77-33(5)57(100)81-41(70(113)114)18-13-14-23-71/h10-12,16-17,31-36,38-46,52-55,91-92H,13-15,18-30,71-72H2,1-9H3,(H2,73,93)(H2,74,94)(H2,75,95)(H2,76,96)(H,77,104)(H,78,108)(H,79,99)(H,80,101)(H,81,100)(H,82,105)(H,83,109)(H,84,110)(H,85,102)(H,86,103)(H,87,111)(H,88,106)(H,89,107)(H,97,98)(H,113,114)/t33-,34-,35+,36+,38-,39-,40-,41-,42-,43-,44-,45-,46-,52-,53-,54-,55-/m0/s1. The quantitative estimate of drug-likeness (QED) is 0.0269. The van der Waals surface area contributed by atoms with E-state index in [2.05, 4.69) is 69.1 Å². The van der Waals surface area contributed by atoms with Crippen molar-refractivity contribution in [3.63, 3.8) is 0 Å². The van der Waals surface area contributed by atoms with Gasteiger partial charge < -0.3 is 129 Å². The Balaban J connectivity index is 2.38. The molecule has 1 aromatic carbocycles. The summed E-state index contributed by atoms with van der Waals surface area (Å²) in [6, 6.07) is -17.0. The molecular weight excluding hydrogens is 1540 g/mol. The van der Waals surface area contributed by atoms with E-state index in [-0.39, 0.29) is 57.4 Å². The number of hydrogen-bond acceptors (Lipinski definition) is 25. The summed E-state index contributed by atoms with van der Waals surface area (Å²) >= 11 is 1.23. The Morgan fingerprint density at radius 3 is 1.37 bits per heavy atom. The molecule has 2 rings (SSSR count). The molecule has 0 aliphatic carbocycles. The molecule has 45 heteroatoms. The van der Waals surface area contributed by atoms with E-state index in [1.807, 2.05) is 0 Å². The third kappa shape index (κ3) is 35.0. The number of carbonyl (C=O) groups is 20. The Morgan fingerprint density at radius 2 is 0.852 bits per heavy atom. The van der Waals surface area contributed by atoms with E-state index in [0.29, 0.717) is 18.4 Å². The Kier molecular flexibility index (Phi) is 42.9. The van der Waals surface area contributed by atoms with E-state index in [0.717, 1.165) is 18.7 Å². The van der Waals surface area contributed by atoms with Gasteiger partial charge in [-0.1, -0.05) is 58.0 Å². The maximum absolute atomic E-state index is 14.5. The second-order valence-electron chi connectivity index (χ2n) is 28.3. The third-order valence-electron chi connectivity index (χ3n) is 17.8. The summed E-state index contributed by atoms with van der Waals surface area (Å²) in [4.78, 5) is 267. The number of carbonyl (C=O) groups excluding carboxylic acids is 18. The molecule has 1 heterocycles. The number of amides is 18. The van der Waals surface area contributed by atoms with Crippen molar-refractivity contribution in [2.45, 2.75) is 242 Å². The number of hydrogen-bond donors (Lipinski definition) is 23. The number of carboxylic acids is 2. The van der Waals surface area contributed by atoms with Crippen molar-refractivity contribution >= 4 is 130 Å². The van der Waals surface area contributed by atoms with Gasteiger partial charge in [0.1, 0.15) is 84.6 Å². The van der Waals surface area contributed by atoms with Crippen LogP contribution in [-0.2, 0) is 102 Å². The maximum Gasteiger partial charge on any atom is 0.326 e. The number of primary amides is 4. The zero-order valence-corrected chi connectivity index (χ0v) is 66.3. The monoisotopic (exact) mass is 1650 g/mol. The minimum Gasteiger partial charge on any atom is -0.481 e. The third-order valence-corrected chi connectivity index (χ3v) is 18.5. The molecule has 17 atom stereocenters. The maximum atomic E-state index is 14.5. The minimum atomic E-state index is -2.06. The number of likely N-dealkylation sites (tertiary alicyclic amines) is 1. The van der Waals surface area contributed by atoms with Gasteiger partial charge >= 0.3 is 11.9 Å². The van der Waals surface area contributed by atoms with Gasteiger partial charge in [-0.3, -0.25) is 91.1 Å². The van der Waals surface area contributed by atoms with Gasteiger partial charge in [-0.15, -0.1) is 0 Å². The molecule has 18 amide bonds. The van der Waals surface area contributed by atoms with E-state index in [1.54, 1.807) is 36.6 Å². The summed E-state index contributed by atoms with van der Waals surface area (Å²) in [7, 11) is 0. The van der Waals surface area contributed by atoms with Crippen LogP contribution in [0.25, 0.3) is 0 Å². The minimum absolute atomic E-state index is 0.00744. The average Bonchev–Trinajstić information content (AvgIpc) is 1.57. The number of benzene rings is 1. The summed E-state index contributed by atoms with van der Waals surface area (Å²) in [5, 5.41) is 71.7. The van der Waals surface area contributed by atoms with Crippen molar-refractivity contribution in [3.8, 4) is 0 Å².